The van der Waals surface area contributed by atoms with Crippen LogP contribution in [0.2, 0.25) is 0 Å². The van der Waals surface area contributed by atoms with E-state index in [9.17, 15) is 9.59 Å². The molecule has 0 fully saturated rings. The summed E-state index contributed by atoms with van der Waals surface area (Å²) in [6, 6.07) is 29.2. The summed E-state index contributed by atoms with van der Waals surface area (Å²) in [6.45, 7) is 3.44. The molecule has 0 radical (unpaired) electrons. The summed E-state index contributed by atoms with van der Waals surface area (Å²) in [4.78, 5) is 26.0. The fourth-order valence-corrected chi connectivity index (χ4v) is 5.79. The van der Waals surface area contributed by atoms with E-state index in [0.29, 0.717) is 16.9 Å². The summed E-state index contributed by atoms with van der Waals surface area (Å²) in [5.41, 5.74) is 2.87. The van der Waals surface area contributed by atoms with E-state index in [1.165, 1.54) is 0 Å². The van der Waals surface area contributed by atoms with Gasteiger partial charge in [-0.05, 0) is 48.0 Å². The number of hydrogen-bond donors (Lipinski definition) is 0. The van der Waals surface area contributed by atoms with E-state index >= 15 is 0 Å². The normalized spacial score (nSPS) is 11.4. The lowest BCUT2D eigenvalue weighted by Gasteiger charge is -2.35. The summed E-state index contributed by atoms with van der Waals surface area (Å²) in [5.74, 6) is -2.15. The Kier molecular flexibility index (Phi) is 7.16. The fraction of sp³-hybridized carbons (Fsp3) is 0.188. The first-order valence-electron chi connectivity index (χ1n) is 12.6. The zero-order valence-corrected chi connectivity index (χ0v) is 22.3. The average molecular weight is 525 g/mol. The molecule has 192 valence electrons. The van der Waals surface area contributed by atoms with Gasteiger partial charge in [0.2, 0.25) is 0 Å². The number of thiophene rings is 1. The van der Waals surface area contributed by atoms with Gasteiger partial charge < -0.3 is 14.2 Å². The minimum Gasteiger partial charge on any atom is -0.497 e. The molecule has 0 unspecified atom stereocenters. The molecule has 0 aliphatic rings. The number of carbonyl (C=O) groups excluding carboxylic acids is 2. The van der Waals surface area contributed by atoms with E-state index < -0.39 is 17.7 Å². The van der Waals surface area contributed by atoms with Crippen molar-refractivity contribution >= 4 is 43.4 Å². The highest BCUT2D eigenvalue weighted by Gasteiger charge is 2.45. The molecule has 5 aromatic rings. The molecular formula is C32H28O5S. The van der Waals surface area contributed by atoms with Gasteiger partial charge in [-0.25, -0.2) is 0 Å². The van der Waals surface area contributed by atoms with Crippen molar-refractivity contribution in [2.24, 2.45) is 0 Å². The van der Waals surface area contributed by atoms with Gasteiger partial charge in [0.1, 0.15) is 5.75 Å². The van der Waals surface area contributed by atoms with Crippen LogP contribution in [-0.2, 0) is 24.8 Å². The lowest BCUT2D eigenvalue weighted by atomic mass is 9.86. The van der Waals surface area contributed by atoms with Crippen molar-refractivity contribution in [2.75, 3.05) is 7.11 Å². The fourth-order valence-electron chi connectivity index (χ4n) is 4.68. The van der Waals surface area contributed by atoms with Gasteiger partial charge in [0.25, 0.3) is 0 Å². The maximum absolute atomic E-state index is 13.0. The van der Waals surface area contributed by atoms with Crippen LogP contribution in [0, 0.1) is 0 Å². The predicted octanol–water partition coefficient (Wildman–Crippen LogP) is 7.84. The average Bonchev–Trinajstić information content (AvgIpc) is 3.35. The number of carbonyl (C=O) groups is 2. The third-order valence-corrected chi connectivity index (χ3v) is 7.66. The number of hydrogen-bond acceptors (Lipinski definition) is 6. The van der Waals surface area contributed by atoms with Crippen molar-refractivity contribution in [1.29, 1.82) is 0 Å². The van der Waals surface area contributed by atoms with Crippen molar-refractivity contribution in [2.45, 2.75) is 32.5 Å². The molecular weight excluding hydrogens is 496 g/mol. The molecule has 4 aromatic carbocycles. The minimum atomic E-state index is -1.81. The molecule has 0 spiro atoms. The van der Waals surface area contributed by atoms with E-state index in [1.54, 1.807) is 56.6 Å². The number of ether oxygens (including phenoxy) is 3. The molecule has 1 heterocycles. The molecule has 5 nitrogen and oxygen atoms in total. The first-order valence-corrected chi connectivity index (χ1v) is 13.4. The van der Waals surface area contributed by atoms with E-state index in [4.69, 9.17) is 14.2 Å². The van der Waals surface area contributed by atoms with Crippen molar-refractivity contribution in [1.82, 2.24) is 0 Å². The lowest BCUT2D eigenvalue weighted by Crippen LogP contribution is -2.39. The van der Waals surface area contributed by atoms with E-state index in [1.807, 2.05) is 54.6 Å². The van der Waals surface area contributed by atoms with Gasteiger partial charge in [-0.3, -0.25) is 9.59 Å². The molecule has 0 amide bonds. The molecule has 0 saturated heterocycles. The molecule has 0 bridgehead atoms. The van der Waals surface area contributed by atoms with Crippen LogP contribution in [0.15, 0.2) is 91.0 Å². The molecule has 0 aliphatic heterocycles. The SMILES string of the molecule is CCC(=O)OC(OC(=O)CC)(c1ccc(OC)cc1)c1ccc2sc3ccccc3c2c1-c1ccccc1. The van der Waals surface area contributed by atoms with Crippen molar-refractivity contribution in [3.05, 3.63) is 102 Å². The second-order valence-corrected chi connectivity index (χ2v) is 9.91. The van der Waals surface area contributed by atoms with Crippen LogP contribution in [0.3, 0.4) is 0 Å². The van der Waals surface area contributed by atoms with Gasteiger partial charge in [0.15, 0.2) is 0 Å². The van der Waals surface area contributed by atoms with Crippen LogP contribution in [0.4, 0.5) is 0 Å². The van der Waals surface area contributed by atoms with Gasteiger partial charge in [-0.1, -0.05) is 62.4 Å². The molecule has 0 atom stereocenters. The topological polar surface area (TPSA) is 61.8 Å². The Labute approximate surface area is 225 Å². The third-order valence-electron chi connectivity index (χ3n) is 6.52. The van der Waals surface area contributed by atoms with Crippen LogP contribution in [0.5, 0.6) is 5.75 Å². The number of rotatable bonds is 8. The molecule has 6 heteroatoms. The summed E-state index contributed by atoms with van der Waals surface area (Å²) < 4.78 is 20.0. The Morgan fingerprint density at radius 3 is 2.00 bits per heavy atom. The number of esters is 2. The predicted molar refractivity (Wildman–Crippen MR) is 151 cm³/mol. The first kappa shape index (κ1) is 25.5. The van der Waals surface area contributed by atoms with Crippen molar-refractivity contribution in [3.63, 3.8) is 0 Å². The number of methoxy groups -OCH3 is 1. The summed E-state index contributed by atoms with van der Waals surface area (Å²) in [6.07, 6.45) is 0.234. The van der Waals surface area contributed by atoms with E-state index in [2.05, 4.69) is 12.1 Å². The lowest BCUT2D eigenvalue weighted by molar-refractivity contribution is -0.218. The Morgan fingerprint density at radius 1 is 0.737 bits per heavy atom. The van der Waals surface area contributed by atoms with Gasteiger partial charge in [-0.2, -0.15) is 0 Å². The maximum Gasteiger partial charge on any atom is 0.311 e. The minimum absolute atomic E-state index is 0.117. The number of benzene rings is 4. The van der Waals surface area contributed by atoms with Gasteiger partial charge in [0.05, 0.1) is 7.11 Å². The first-order chi connectivity index (χ1) is 18.5. The summed E-state index contributed by atoms with van der Waals surface area (Å²) >= 11 is 1.70. The quantitative estimate of drug-likeness (QED) is 0.153. The van der Waals surface area contributed by atoms with E-state index in [0.717, 1.165) is 31.3 Å². The van der Waals surface area contributed by atoms with Crippen LogP contribution >= 0.6 is 11.3 Å². The van der Waals surface area contributed by atoms with Crippen LogP contribution in [0.1, 0.15) is 37.8 Å². The molecule has 5 rings (SSSR count). The Balaban J connectivity index is 1.93. The maximum atomic E-state index is 13.0. The van der Waals surface area contributed by atoms with Crippen LogP contribution in [0.25, 0.3) is 31.3 Å². The second-order valence-electron chi connectivity index (χ2n) is 8.83. The molecule has 0 N–H and O–H groups in total. The Hall–Kier alpha value is -4.16. The van der Waals surface area contributed by atoms with Crippen molar-refractivity contribution in [3.8, 4) is 16.9 Å². The Morgan fingerprint density at radius 2 is 1.37 bits per heavy atom. The molecule has 0 saturated carbocycles. The summed E-state index contributed by atoms with van der Waals surface area (Å²) in [7, 11) is 1.58. The van der Waals surface area contributed by atoms with Gasteiger partial charge >= 0.3 is 17.7 Å². The van der Waals surface area contributed by atoms with Gasteiger partial charge in [-0.15, -0.1) is 11.3 Å². The third kappa shape index (κ3) is 4.52. The smallest absolute Gasteiger partial charge is 0.311 e. The molecule has 1 aromatic heterocycles. The second kappa shape index (κ2) is 10.7. The zero-order valence-electron chi connectivity index (χ0n) is 21.5. The highest BCUT2D eigenvalue weighted by atomic mass is 32.1. The standard InChI is InChI=1S/C32H28O5S/c1-4-28(33)36-32(37-29(34)5-2,22-15-17-23(35-3)18-16-22)25-19-20-27-31(24-13-9-10-14-26(24)38-27)30(25)21-11-7-6-8-12-21/h6-20H,4-5H2,1-3H3. The molecule has 0 aliphatic carbocycles. The monoisotopic (exact) mass is 524 g/mol. The van der Waals surface area contributed by atoms with Crippen LogP contribution < -0.4 is 4.74 Å². The van der Waals surface area contributed by atoms with Crippen LogP contribution in [-0.4, -0.2) is 19.0 Å². The zero-order chi connectivity index (χ0) is 26.7. The van der Waals surface area contributed by atoms with Crippen molar-refractivity contribution < 1.29 is 23.8 Å². The van der Waals surface area contributed by atoms with E-state index in [-0.39, 0.29) is 12.8 Å². The summed E-state index contributed by atoms with van der Waals surface area (Å²) in [5, 5.41) is 2.10. The highest BCUT2D eigenvalue weighted by Crippen LogP contribution is 2.48. The Bertz CT molecular complexity index is 1580. The highest BCUT2D eigenvalue weighted by molar-refractivity contribution is 7.25. The molecule has 38 heavy (non-hydrogen) atoms. The largest absolute Gasteiger partial charge is 0.497 e. The van der Waals surface area contributed by atoms with Gasteiger partial charge in [0, 0.05) is 49.7 Å². The number of fused-ring (bicyclic) bond motifs is 3.